The minimum absolute atomic E-state index is 0.103. The van der Waals surface area contributed by atoms with Gasteiger partial charge in [0.25, 0.3) is 0 Å². The molecule has 4 rings (SSSR count). The van der Waals surface area contributed by atoms with Crippen LogP contribution in [0.4, 0.5) is 4.79 Å². The molecule has 1 saturated carbocycles. The second-order valence-electron chi connectivity index (χ2n) is 5.87. The molecular formula is C14H17N5O2S. The number of thiazole rings is 1. The van der Waals surface area contributed by atoms with Gasteiger partial charge in [-0.05, 0) is 12.8 Å². The van der Waals surface area contributed by atoms with Crippen LogP contribution in [0.15, 0.2) is 17.8 Å². The highest BCUT2D eigenvalue weighted by Gasteiger charge is 2.36. The van der Waals surface area contributed by atoms with Gasteiger partial charge < -0.3 is 15.5 Å². The van der Waals surface area contributed by atoms with Gasteiger partial charge in [-0.3, -0.25) is 9.20 Å². The minimum atomic E-state index is -0.103. The first-order valence-corrected chi connectivity index (χ1v) is 8.31. The monoisotopic (exact) mass is 319 g/mol. The van der Waals surface area contributed by atoms with Gasteiger partial charge in [0.15, 0.2) is 4.96 Å². The highest BCUT2D eigenvalue weighted by molar-refractivity contribution is 7.15. The van der Waals surface area contributed by atoms with Crippen LogP contribution in [0, 0.1) is 5.92 Å². The van der Waals surface area contributed by atoms with Crippen LogP contribution in [-0.4, -0.2) is 45.4 Å². The number of amides is 3. The van der Waals surface area contributed by atoms with E-state index in [1.165, 1.54) is 0 Å². The van der Waals surface area contributed by atoms with Crippen LogP contribution < -0.4 is 10.6 Å². The Kier molecular flexibility index (Phi) is 3.25. The Morgan fingerprint density at radius 1 is 1.36 bits per heavy atom. The van der Waals surface area contributed by atoms with Crippen molar-refractivity contribution in [1.29, 1.82) is 0 Å². The summed E-state index contributed by atoms with van der Waals surface area (Å²) < 4.78 is 1.94. The SMILES string of the molecule is O=C(NC1CN(C(=O)NCc2cn3ccsc3n2)C1)C1CC1. The maximum atomic E-state index is 12.0. The van der Waals surface area contributed by atoms with Gasteiger partial charge in [-0.25, -0.2) is 9.78 Å². The molecule has 1 saturated heterocycles. The Balaban J connectivity index is 1.22. The van der Waals surface area contributed by atoms with E-state index in [9.17, 15) is 9.59 Å². The molecular weight excluding hydrogens is 302 g/mol. The summed E-state index contributed by atoms with van der Waals surface area (Å²) in [6.45, 7) is 1.59. The van der Waals surface area contributed by atoms with Crippen LogP contribution in [0.1, 0.15) is 18.5 Å². The van der Waals surface area contributed by atoms with Crippen molar-refractivity contribution in [2.24, 2.45) is 5.92 Å². The van der Waals surface area contributed by atoms with Crippen LogP contribution in [-0.2, 0) is 11.3 Å². The van der Waals surface area contributed by atoms with Crippen molar-refractivity contribution < 1.29 is 9.59 Å². The fourth-order valence-electron chi connectivity index (χ4n) is 2.54. The lowest BCUT2D eigenvalue weighted by Gasteiger charge is -2.39. The molecule has 3 heterocycles. The number of hydrogen-bond acceptors (Lipinski definition) is 4. The Morgan fingerprint density at radius 2 is 2.18 bits per heavy atom. The summed E-state index contributed by atoms with van der Waals surface area (Å²) >= 11 is 1.57. The first kappa shape index (κ1) is 13.6. The van der Waals surface area contributed by atoms with E-state index in [-0.39, 0.29) is 23.9 Å². The molecule has 116 valence electrons. The average molecular weight is 319 g/mol. The third-order valence-electron chi connectivity index (χ3n) is 4.03. The molecule has 0 radical (unpaired) electrons. The molecule has 2 aliphatic rings. The smallest absolute Gasteiger partial charge is 0.317 e. The lowest BCUT2D eigenvalue weighted by atomic mass is 10.1. The second kappa shape index (κ2) is 5.28. The number of nitrogens with one attached hydrogen (secondary N) is 2. The largest absolute Gasteiger partial charge is 0.350 e. The summed E-state index contributed by atoms with van der Waals surface area (Å²) in [5.74, 6) is 0.362. The van der Waals surface area contributed by atoms with Gasteiger partial charge in [-0.2, -0.15) is 0 Å². The number of nitrogens with zero attached hydrogens (tertiary/aromatic N) is 3. The Hall–Kier alpha value is -2.09. The van der Waals surface area contributed by atoms with Crippen molar-refractivity contribution in [1.82, 2.24) is 24.9 Å². The Labute approximate surface area is 131 Å². The molecule has 0 unspecified atom stereocenters. The highest BCUT2D eigenvalue weighted by Crippen LogP contribution is 2.29. The molecule has 0 atom stereocenters. The van der Waals surface area contributed by atoms with E-state index in [0.717, 1.165) is 23.5 Å². The van der Waals surface area contributed by atoms with E-state index >= 15 is 0 Å². The Bertz CT molecular complexity index is 685. The molecule has 7 nitrogen and oxygen atoms in total. The fraction of sp³-hybridized carbons (Fsp3) is 0.500. The van der Waals surface area contributed by atoms with Crippen LogP contribution in [0.5, 0.6) is 0 Å². The number of rotatable bonds is 4. The molecule has 8 heteroatoms. The lowest BCUT2D eigenvalue weighted by Crippen LogP contribution is -2.63. The van der Waals surface area contributed by atoms with E-state index in [4.69, 9.17) is 0 Å². The second-order valence-corrected chi connectivity index (χ2v) is 6.74. The van der Waals surface area contributed by atoms with Crippen LogP contribution in [0.25, 0.3) is 4.96 Å². The fourth-order valence-corrected chi connectivity index (χ4v) is 3.26. The van der Waals surface area contributed by atoms with Crippen LogP contribution in [0.3, 0.4) is 0 Å². The zero-order valence-corrected chi connectivity index (χ0v) is 12.8. The first-order valence-electron chi connectivity index (χ1n) is 7.43. The van der Waals surface area contributed by atoms with Crippen molar-refractivity contribution in [3.8, 4) is 0 Å². The zero-order valence-electron chi connectivity index (χ0n) is 12.0. The number of urea groups is 1. The quantitative estimate of drug-likeness (QED) is 0.875. The van der Waals surface area contributed by atoms with Crippen LogP contribution in [0.2, 0.25) is 0 Å². The van der Waals surface area contributed by atoms with Gasteiger partial charge in [0.1, 0.15) is 0 Å². The molecule has 0 bridgehead atoms. The molecule has 2 aromatic heterocycles. The average Bonchev–Trinajstić information content (AvgIpc) is 3.10. The number of carbonyl (C=O) groups excluding carboxylic acids is 2. The van der Waals surface area contributed by atoms with Crippen molar-refractivity contribution in [2.75, 3.05) is 13.1 Å². The van der Waals surface area contributed by atoms with Gasteiger partial charge >= 0.3 is 6.03 Å². The highest BCUT2D eigenvalue weighted by atomic mass is 32.1. The molecule has 2 fully saturated rings. The molecule has 1 aliphatic heterocycles. The predicted octanol–water partition coefficient (Wildman–Crippen LogP) is 0.816. The number of imidazole rings is 1. The summed E-state index contributed by atoms with van der Waals surface area (Å²) in [4.78, 5) is 30.7. The number of fused-ring (bicyclic) bond motifs is 1. The van der Waals surface area contributed by atoms with Crippen molar-refractivity contribution in [3.63, 3.8) is 0 Å². The summed E-state index contributed by atoms with van der Waals surface area (Å²) in [6.07, 6.45) is 5.87. The van der Waals surface area contributed by atoms with E-state index in [2.05, 4.69) is 15.6 Å². The van der Waals surface area contributed by atoms with E-state index in [1.54, 1.807) is 16.2 Å². The third-order valence-corrected chi connectivity index (χ3v) is 4.80. The molecule has 22 heavy (non-hydrogen) atoms. The van der Waals surface area contributed by atoms with Gasteiger partial charge in [-0.15, -0.1) is 11.3 Å². The topological polar surface area (TPSA) is 78.7 Å². The maximum Gasteiger partial charge on any atom is 0.317 e. The third kappa shape index (κ3) is 2.66. The van der Waals surface area contributed by atoms with Gasteiger partial charge in [-0.1, -0.05) is 0 Å². The molecule has 2 aromatic rings. The first-order chi connectivity index (χ1) is 10.7. The summed E-state index contributed by atoms with van der Waals surface area (Å²) in [5, 5.41) is 7.81. The number of carbonyl (C=O) groups is 2. The maximum absolute atomic E-state index is 12.0. The van der Waals surface area contributed by atoms with E-state index in [1.807, 2.05) is 22.2 Å². The minimum Gasteiger partial charge on any atom is -0.350 e. The van der Waals surface area contributed by atoms with Gasteiger partial charge in [0.2, 0.25) is 5.91 Å². The summed E-state index contributed by atoms with van der Waals surface area (Å²) in [5.41, 5.74) is 0.847. The molecule has 3 amide bonds. The van der Waals surface area contributed by atoms with E-state index < -0.39 is 0 Å². The lowest BCUT2D eigenvalue weighted by molar-refractivity contribution is -0.123. The van der Waals surface area contributed by atoms with Crippen molar-refractivity contribution in [2.45, 2.75) is 25.4 Å². The zero-order chi connectivity index (χ0) is 15.1. The van der Waals surface area contributed by atoms with Crippen molar-refractivity contribution in [3.05, 3.63) is 23.5 Å². The number of aromatic nitrogens is 2. The number of likely N-dealkylation sites (tertiary alicyclic amines) is 1. The molecule has 1 aliphatic carbocycles. The standard InChI is InChI=1S/C14H17N5O2S/c20-12(9-1-2-9)16-11-7-19(8-11)13(21)15-5-10-6-18-3-4-22-14(18)17-10/h3-4,6,9,11H,1-2,5,7-8H2,(H,15,21)(H,16,20). The Morgan fingerprint density at radius 3 is 2.91 bits per heavy atom. The van der Waals surface area contributed by atoms with Crippen LogP contribution >= 0.6 is 11.3 Å². The van der Waals surface area contributed by atoms with Gasteiger partial charge in [0.05, 0.1) is 18.3 Å². The molecule has 0 aromatic carbocycles. The summed E-state index contributed by atoms with van der Waals surface area (Å²) in [6, 6.07) is 0.00469. The number of hydrogen-bond donors (Lipinski definition) is 2. The normalized spacial score (nSPS) is 18.3. The molecule has 2 N–H and O–H groups in total. The predicted molar refractivity (Wildman–Crippen MR) is 81.5 cm³/mol. The molecule has 0 spiro atoms. The van der Waals surface area contributed by atoms with Gasteiger partial charge in [0, 0.05) is 36.8 Å². The van der Waals surface area contributed by atoms with Crippen molar-refractivity contribution >= 4 is 28.2 Å². The van der Waals surface area contributed by atoms with E-state index in [0.29, 0.717) is 19.6 Å². The summed E-state index contributed by atoms with van der Waals surface area (Å²) in [7, 11) is 0.